The molecule has 1 N–H and O–H groups in total. The number of aryl methyl sites for hydroxylation is 1. The van der Waals surface area contributed by atoms with Gasteiger partial charge in [-0.1, -0.05) is 25.1 Å². The Hall–Kier alpha value is -1.84. The number of hydrogen-bond acceptors (Lipinski definition) is 2. The van der Waals surface area contributed by atoms with E-state index in [2.05, 4.69) is 0 Å². The Kier molecular flexibility index (Phi) is 3.36. The minimum absolute atomic E-state index is 0.00495. The fourth-order valence-corrected chi connectivity index (χ4v) is 2.61. The molecule has 1 atom stereocenters. The van der Waals surface area contributed by atoms with E-state index in [4.69, 9.17) is 5.11 Å². The molecule has 1 aliphatic rings. The molecule has 1 aromatic rings. The quantitative estimate of drug-likeness (QED) is 0.890. The van der Waals surface area contributed by atoms with E-state index in [1.807, 2.05) is 25.1 Å². The predicted octanol–water partition coefficient (Wildman–Crippen LogP) is 2.17. The molecule has 0 aliphatic carbocycles. The topological polar surface area (TPSA) is 57.6 Å². The number of anilines is 1. The Morgan fingerprint density at radius 1 is 1.50 bits per heavy atom. The molecular formula is C14H17NO3. The SMILES string of the molecule is CCc1cccc2c1N(C)C(=O)CC2CC(=O)O. The maximum Gasteiger partial charge on any atom is 0.303 e. The van der Waals surface area contributed by atoms with Crippen LogP contribution in [-0.4, -0.2) is 24.0 Å². The van der Waals surface area contributed by atoms with Crippen LogP contribution >= 0.6 is 0 Å². The standard InChI is InChI=1S/C14H17NO3/c1-3-9-5-4-6-11-10(8-13(17)18)7-12(16)15(2)14(9)11/h4-6,10H,3,7-8H2,1-2H3,(H,17,18). The maximum absolute atomic E-state index is 11.9. The van der Waals surface area contributed by atoms with Gasteiger partial charge >= 0.3 is 5.97 Å². The number of hydrogen-bond donors (Lipinski definition) is 1. The monoisotopic (exact) mass is 247 g/mol. The predicted molar refractivity (Wildman–Crippen MR) is 68.8 cm³/mol. The summed E-state index contributed by atoms with van der Waals surface area (Å²) in [5.74, 6) is -1.06. The molecule has 0 aromatic heterocycles. The summed E-state index contributed by atoms with van der Waals surface area (Å²) in [5.41, 5.74) is 2.99. The van der Waals surface area contributed by atoms with Crippen molar-refractivity contribution in [3.63, 3.8) is 0 Å². The highest BCUT2D eigenvalue weighted by Crippen LogP contribution is 2.39. The summed E-state index contributed by atoms with van der Waals surface area (Å²) in [4.78, 5) is 24.5. The molecule has 4 nitrogen and oxygen atoms in total. The molecule has 2 rings (SSSR count). The molecule has 1 heterocycles. The van der Waals surface area contributed by atoms with Crippen molar-refractivity contribution in [2.24, 2.45) is 0 Å². The zero-order valence-electron chi connectivity index (χ0n) is 10.6. The molecule has 0 bridgehead atoms. The summed E-state index contributed by atoms with van der Waals surface area (Å²) in [6, 6.07) is 5.87. The minimum atomic E-state index is -0.856. The van der Waals surface area contributed by atoms with Crippen LogP contribution in [0.2, 0.25) is 0 Å². The second kappa shape index (κ2) is 4.80. The van der Waals surface area contributed by atoms with Crippen molar-refractivity contribution in [3.8, 4) is 0 Å². The van der Waals surface area contributed by atoms with Crippen molar-refractivity contribution < 1.29 is 14.7 Å². The highest BCUT2D eigenvalue weighted by atomic mass is 16.4. The maximum atomic E-state index is 11.9. The highest BCUT2D eigenvalue weighted by molar-refractivity contribution is 5.98. The van der Waals surface area contributed by atoms with Gasteiger partial charge in [-0.2, -0.15) is 0 Å². The van der Waals surface area contributed by atoms with Gasteiger partial charge in [0.25, 0.3) is 0 Å². The molecular weight excluding hydrogens is 230 g/mol. The van der Waals surface area contributed by atoms with Gasteiger partial charge in [0.15, 0.2) is 0 Å². The van der Waals surface area contributed by atoms with E-state index >= 15 is 0 Å². The molecule has 4 heteroatoms. The highest BCUT2D eigenvalue weighted by Gasteiger charge is 2.31. The number of nitrogens with zero attached hydrogens (tertiary/aromatic N) is 1. The zero-order chi connectivity index (χ0) is 13.3. The Bertz CT molecular complexity index is 496. The van der Waals surface area contributed by atoms with Crippen LogP contribution in [0.15, 0.2) is 18.2 Å². The summed E-state index contributed by atoms with van der Waals surface area (Å²) < 4.78 is 0. The lowest BCUT2D eigenvalue weighted by Gasteiger charge is -2.32. The molecule has 1 unspecified atom stereocenters. The van der Waals surface area contributed by atoms with Crippen LogP contribution in [0.1, 0.15) is 36.8 Å². The van der Waals surface area contributed by atoms with Gasteiger partial charge in [-0.05, 0) is 17.5 Å². The van der Waals surface area contributed by atoms with E-state index < -0.39 is 5.97 Å². The van der Waals surface area contributed by atoms with Gasteiger partial charge in [0.1, 0.15) is 0 Å². The molecule has 0 radical (unpaired) electrons. The summed E-state index contributed by atoms with van der Waals surface area (Å²) in [5, 5.41) is 8.95. The lowest BCUT2D eigenvalue weighted by Crippen LogP contribution is -2.34. The molecule has 96 valence electrons. The van der Waals surface area contributed by atoms with E-state index in [0.29, 0.717) is 0 Å². The summed E-state index contributed by atoms with van der Waals surface area (Å²) in [7, 11) is 1.76. The van der Waals surface area contributed by atoms with E-state index in [-0.39, 0.29) is 24.7 Å². The lowest BCUT2D eigenvalue weighted by atomic mass is 9.85. The fourth-order valence-electron chi connectivity index (χ4n) is 2.61. The summed E-state index contributed by atoms with van der Waals surface area (Å²) in [6.07, 6.45) is 1.13. The van der Waals surface area contributed by atoms with Crippen molar-refractivity contribution in [1.29, 1.82) is 0 Å². The Balaban J connectivity index is 2.51. The van der Waals surface area contributed by atoms with Crippen molar-refractivity contribution in [2.75, 3.05) is 11.9 Å². The Morgan fingerprint density at radius 2 is 2.22 bits per heavy atom. The zero-order valence-corrected chi connectivity index (χ0v) is 10.6. The van der Waals surface area contributed by atoms with Gasteiger partial charge < -0.3 is 10.0 Å². The minimum Gasteiger partial charge on any atom is -0.481 e. The van der Waals surface area contributed by atoms with Crippen LogP contribution in [-0.2, 0) is 16.0 Å². The molecule has 1 amide bonds. The third-order valence-electron chi connectivity index (χ3n) is 3.52. The summed E-state index contributed by atoms with van der Waals surface area (Å²) >= 11 is 0. The first-order chi connectivity index (χ1) is 8.54. The number of aliphatic carboxylic acids is 1. The Labute approximate surface area is 106 Å². The Morgan fingerprint density at radius 3 is 2.83 bits per heavy atom. The van der Waals surface area contributed by atoms with E-state index in [0.717, 1.165) is 23.2 Å². The molecule has 0 fully saturated rings. The van der Waals surface area contributed by atoms with Gasteiger partial charge in [0.05, 0.1) is 6.42 Å². The number of carboxylic acids is 1. The first kappa shape index (κ1) is 12.6. The van der Waals surface area contributed by atoms with E-state index in [1.54, 1.807) is 11.9 Å². The van der Waals surface area contributed by atoms with Crippen LogP contribution in [0, 0.1) is 0 Å². The average Bonchev–Trinajstić information content (AvgIpc) is 2.34. The van der Waals surface area contributed by atoms with Crippen LogP contribution in [0.25, 0.3) is 0 Å². The number of carboxylic acid groups (broad SMARTS) is 1. The fraction of sp³-hybridized carbons (Fsp3) is 0.429. The second-order valence-corrected chi connectivity index (χ2v) is 4.66. The number of fused-ring (bicyclic) bond motifs is 1. The van der Waals surface area contributed by atoms with Gasteiger partial charge in [-0.15, -0.1) is 0 Å². The lowest BCUT2D eigenvalue weighted by molar-refractivity contribution is -0.137. The molecule has 1 aliphatic heterocycles. The number of benzene rings is 1. The normalized spacial score (nSPS) is 18.7. The van der Waals surface area contributed by atoms with Crippen molar-refractivity contribution in [1.82, 2.24) is 0 Å². The van der Waals surface area contributed by atoms with Gasteiger partial charge in [0, 0.05) is 25.1 Å². The van der Waals surface area contributed by atoms with Crippen LogP contribution < -0.4 is 4.90 Å². The molecule has 1 aromatic carbocycles. The van der Waals surface area contributed by atoms with Gasteiger partial charge in [0.2, 0.25) is 5.91 Å². The number of para-hydroxylation sites is 1. The average molecular weight is 247 g/mol. The first-order valence-corrected chi connectivity index (χ1v) is 6.14. The van der Waals surface area contributed by atoms with E-state index in [9.17, 15) is 9.59 Å². The second-order valence-electron chi connectivity index (χ2n) is 4.66. The van der Waals surface area contributed by atoms with Gasteiger partial charge in [-0.25, -0.2) is 0 Å². The molecule has 0 saturated carbocycles. The molecule has 0 saturated heterocycles. The first-order valence-electron chi connectivity index (χ1n) is 6.14. The van der Waals surface area contributed by atoms with Crippen molar-refractivity contribution >= 4 is 17.6 Å². The van der Waals surface area contributed by atoms with Crippen molar-refractivity contribution in [2.45, 2.75) is 32.1 Å². The number of amides is 1. The van der Waals surface area contributed by atoms with Crippen LogP contribution in [0.3, 0.4) is 0 Å². The number of rotatable bonds is 3. The molecule has 18 heavy (non-hydrogen) atoms. The third-order valence-corrected chi connectivity index (χ3v) is 3.52. The smallest absolute Gasteiger partial charge is 0.303 e. The van der Waals surface area contributed by atoms with Crippen molar-refractivity contribution in [3.05, 3.63) is 29.3 Å². The summed E-state index contributed by atoms with van der Waals surface area (Å²) in [6.45, 7) is 2.04. The van der Waals surface area contributed by atoms with Gasteiger partial charge in [-0.3, -0.25) is 9.59 Å². The number of carbonyl (C=O) groups is 2. The van der Waals surface area contributed by atoms with E-state index in [1.165, 1.54) is 0 Å². The number of carbonyl (C=O) groups excluding carboxylic acids is 1. The third kappa shape index (κ3) is 2.10. The molecule has 0 spiro atoms. The van der Waals surface area contributed by atoms with Crippen LogP contribution in [0.4, 0.5) is 5.69 Å². The largest absolute Gasteiger partial charge is 0.481 e. The van der Waals surface area contributed by atoms with Crippen LogP contribution in [0.5, 0.6) is 0 Å².